The van der Waals surface area contributed by atoms with Gasteiger partial charge in [-0.2, -0.15) is 0 Å². The average Bonchev–Trinajstić information content (AvgIpc) is 2.61. The number of hydrogen-bond donors (Lipinski definition) is 2. The van der Waals surface area contributed by atoms with Crippen molar-refractivity contribution in [3.05, 3.63) is 23.9 Å². The van der Waals surface area contributed by atoms with Gasteiger partial charge < -0.3 is 20.1 Å². The van der Waals surface area contributed by atoms with Crippen LogP contribution in [0.25, 0.3) is 0 Å². The molecule has 1 fully saturated rings. The predicted octanol–water partition coefficient (Wildman–Crippen LogP) is 0.478. The highest BCUT2D eigenvalue weighted by atomic mass is 16.5. The van der Waals surface area contributed by atoms with Crippen LogP contribution in [-0.2, 0) is 11.3 Å². The van der Waals surface area contributed by atoms with Crippen LogP contribution >= 0.6 is 0 Å². The lowest BCUT2D eigenvalue weighted by molar-refractivity contribution is 0.0389. The minimum Gasteiger partial charge on any atom is -0.481 e. The van der Waals surface area contributed by atoms with Gasteiger partial charge in [0.05, 0.1) is 26.9 Å². The third kappa shape index (κ3) is 6.42. The molecule has 0 aliphatic carbocycles. The summed E-state index contributed by atoms with van der Waals surface area (Å²) in [5, 5.41) is 6.64. The maximum atomic E-state index is 5.36. The van der Waals surface area contributed by atoms with E-state index < -0.39 is 0 Å². The molecule has 0 amide bonds. The first-order valence-corrected chi connectivity index (χ1v) is 8.13. The van der Waals surface area contributed by atoms with Crippen molar-refractivity contribution >= 4 is 5.96 Å². The minimum atomic E-state index is 0.589. The predicted molar refractivity (Wildman–Crippen MR) is 90.9 cm³/mol. The maximum Gasteiger partial charge on any atom is 0.213 e. The first-order chi connectivity index (χ1) is 11.3. The molecule has 0 aromatic carbocycles. The van der Waals surface area contributed by atoms with Crippen LogP contribution in [-0.4, -0.2) is 68.9 Å². The van der Waals surface area contributed by atoms with E-state index in [0.29, 0.717) is 12.4 Å². The summed E-state index contributed by atoms with van der Waals surface area (Å²) in [6.45, 7) is 9.03. The highest BCUT2D eigenvalue weighted by Gasteiger charge is 2.09. The lowest BCUT2D eigenvalue weighted by atomic mass is 10.3. The van der Waals surface area contributed by atoms with Crippen molar-refractivity contribution in [1.29, 1.82) is 0 Å². The number of nitrogens with zero attached hydrogens (tertiary/aromatic N) is 3. The third-order valence-electron chi connectivity index (χ3n) is 3.60. The third-order valence-corrected chi connectivity index (χ3v) is 3.60. The van der Waals surface area contributed by atoms with Gasteiger partial charge in [0.2, 0.25) is 5.88 Å². The Balaban J connectivity index is 1.81. The smallest absolute Gasteiger partial charge is 0.213 e. The number of aromatic nitrogens is 1. The lowest BCUT2D eigenvalue weighted by Crippen LogP contribution is -2.44. The number of pyridine rings is 1. The zero-order valence-corrected chi connectivity index (χ0v) is 14.0. The van der Waals surface area contributed by atoms with E-state index in [2.05, 4.69) is 32.4 Å². The van der Waals surface area contributed by atoms with Crippen molar-refractivity contribution in [2.24, 2.45) is 4.99 Å². The van der Waals surface area contributed by atoms with Crippen LogP contribution < -0.4 is 15.4 Å². The largest absolute Gasteiger partial charge is 0.481 e. The Bertz CT molecular complexity index is 489. The van der Waals surface area contributed by atoms with Crippen molar-refractivity contribution < 1.29 is 9.47 Å². The van der Waals surface area contributed by atoms with Gasteiger partial charge in [-0.25, -0.2) is 9.98 Å². The quantitative estimate of drug-likeness (QED) is 0.562. The molecule has 0 atom stereocenters. The molecule has 2 rings (SSSR count). The van der Waals surface area contributed by atoms with E-state index in [4.69, 9.17) is 9.47 Å². The number of rotatable bonds is 7. The molecule has 0 radical (unpaired) electrons. The van der Waals surface area contributed by atoms with Gasteiger partial charge in [-0.1, -0.05) is 0 Å². The van der Waals surface area contributed by atoms with Crippen molar-refractivity contribution in [2.45, 2.75) is 13.5 Å². The first-order valence-electron chi connectivity index (χ1n) is 8.13. The molecule has 1 aliphatic rings. The highest BCUT2D eigenvalue weighted by molar-refractivity contribution is 5.79. The van der Waals surface area contributed by atoms with Crippen molar-refractivity contribution in [3.8, 4) is 5.88 Å². The number of nitrogens with one attached hydrogen (secondary N) is 2. The Labute approximate surface area is 138 Å². The topological polar surface area (TPSA) is 71.0 Å². The molecule has 0 unspecified atom stereocenters. The van der Waals surface area contributed by atoms with E-state index in [-0.39, 0.29) is 0 Å². The molecule has 1 aromatic rings. The van der Waals surface area contributed by atoms with Gasteiger partial charge in [0.1, 0.15) is 0 Å². The van der Waals surface area contributed by atoms with E-state index in [1.807, 2.05) is 12.1 Å². The number of aliphatic imine (C=N–C) groups is 1. The van der Waals surface area contributed by atoms with Crippen LogP contribution in [0.3, 0.4) is 0 Å². The molecule has 0 bridgehead atoms. The van der Waals surface area contributed by atoms with Crippen LogP contribution in [0.1, 0.15) is 12.5 Å². The summed E-state index contributed by atoms with van der Waals surface area (Å²) in [7, 11) is 1.62. The Kier molecular flexibility index (Phi) is 7.62. The van der Waals surface area contributed by atoms with Crippen LogP contribution in [0.4, 0.5) is 0 Å². The second-order valence-electron chi connectivity index (χ2n) is 5.28. The van der Waals surface area contributed by atoms with E-state index in [1.54, 1.807) is 13.3 Å². The SMILES string of the molecule is CCNC(=NCc1ccnc(OC)c1)NCCN1CCOCC1. The summed E-state index contributed by atoms with van der Waals surface area (Å²) in [6.07, 6.45) is 1.74. The van der Waals surface area contributed by atoms with E-state index in [0.717, 1.165) is 57.5 Å². The maximum absolute atomic E-state index is 5.36. The molecule has 2 N–H and O–H groups in total. The second-order valence-corrected chi connectivity index (χ2v) is 5.28. The monoisotopic (exact) mass is 321 g/mol. The molecule has 128 valence electrons. The molecule has 7 nitrogen and oxygen atoms in total. The number of methoxy groups -OCH3 is 1. The molecule has 1 aromatic heterocycles. The fourth-order valence-electron chi connectivity index (χ4n) is 2.33. The van der Waals surface area contributed by atoms with Crippen LogP contribution in [0.5, 0.6) is 5.88 Å². The summed E-state index contributed by atoms with van der Waals surface area (Å²) >= 11 is 0. The van der Waals surface area contributed by atoms with Crippen molar-refractivity contribution in [2.75, 3.05) is 53.0 Å². The first kappa shape index (κ1) is 17.5. The molecule has 7 heteroatoms. The van der Waals surface area contributed by atoms with Gasteiger partial charge >= 0.3 is 0 Å². The lowest BCUT2D eigenvalue weighted by Gasteiger charge is -2.26. The van der Waals surface area contributed by atoms with Gasteiger partial charge in [-0.15, -0.1) is 0 Å². The molecular formula is C16H27N5O2. The normalized spacial score (nSPS) is 16.2. The number of morpholine rings is 1. The van der Waals surface area contributed by atoms with E-state index in [9.17, 15) is 0 Å². The molecule has 0 spiro atoms. The molecule has 23 heavy (non-hydrogen) atoms. The summed E-state index contributed by atoms with van der Waals surface area (Å²) < 4.78 is 10.5. The van der Waals surface area contributed by atoms with Gasteiger partial charge in [0, 0.05) is 45.0 Å². The second kappa shape index (κ2) is 10.0. The Hall–Kier alpha value is -1.86. The fourth-order valence-corrected chi connectivity index (χ4v) is 2.33. The summed E-state index contributed by atoms with van der Waals surface area (Å²) in [6, 6.07) is 3.85. The standard InChI is InChI=1S/C16H27N5O2/c1-3-17-16(19-6-7-21-8-10-23-11-9-21)20-13-14-4-5-18-15(12-14)22-2/h4-5,12H,3,6-11,13H2,1-2H3,(H2,17,19,20). The number of hydrogen-bond acceptors (Lipinski definition) is 5. The summed E-state index contributed by atoms with van der Waals surface area (Å²) in [5.74, 6) is 1.44. The van der Waals surface area contributed by atoms with Gasteiger partial charge in [-0.3, -0.25) is 4.90 Å². The zero-order chi connectivity index (χ0) is 16.3. The summed E-state index contributed by atoms with van der Waals surface area (Å²) in [4.78, 5) is 11.1. The Morgan fingerprint density at radius 3 is 2.96 bits per heavy atom. The average molecular weight is 321 g/mol. The van der Waals surface area contributed by atoms with E-state index in [1.165, 1.54) is 0 Å². The van der Waals surface area contributed by atoms with E-state index >= 15 is 0 Å². The van der Waals surface area contributed by atoms with Gasteiger partial charge in [-0.05, 0) is 18.6 Å². The Morgan fingerprint density at radius 1 is 1.39 bits per heavy atom. The van der Waals surface area contributed by atoms with Gasteiger partial charge in [0.25, 0.3) is 0 Å². The molecule has 2 heterocycles. The number of guanidine groups is 1. The molecule has 1 saturated heterocycles. The highest BCUT2D eigenvalue weighted by Crippen LogP contribution is 2.09. The van der Waals surface area contributed by atoms with Crippen molar-refractivity contribution in [3.63, 3.8) is 0 Å². The van der Waals surface area contributed by atoms with Crippen LogP contribution in [0.15, 0.2) is 23.3 Å². The van der Waals surface area contributed by atoms with Gasteiger partial charge in [0.15, 0.2) is 5.96 Å². The molecular weight excluding hydrogens is 294 g/mol. The van der Waals surface area contributed by atoms with Crippen LogP contribution in [0, 0.1) is 0 Å². The van der Waals surface area contributed by atoms with Crippen LogP contribution in [0.2, 0.25) is 0 Å². The number of ether oxygens (including phenoxy) is 2. The fraction of sp³-hybridized carbons (Fsp3) is 0.625. The summed E-state index contributed by atoms with van der Waals surface area (Å²) in [5.41, 5.74) is 1.07. The Morgan fingerprint density at radius 2 is 2.22 bits per heavy atom. The molecule has 1 aliphatic heterocycles. The zero-order valence-electron chi connectivity index (χ0n) is 14.0. The van der Waals surface area contributed by atoms with Crippen molar-refractivity contribution in [1.82, 2.24) is 20.5 Å². The minimum absolute atomic E-state index is 0.589. The molecule has 0 saturated carbocycles.